The van der Waals surface area contributed by atoms with Gasteiger partial charge in [0.1, 0.15) is 5.82 Å². The van der Waals surface area contributed by atoms with Crippen LogP contribution in [0.15, 0.2) is 22.7 Å². The molecule has 0 aliphatic heterocycles. The van der Waals surface area contributed by atoms with Gasteiger partial charge in [-0.15, -0.1) is 0 Å². The Hall–Kier alpha value is -0.450. The van der Waals surface area contributed by atoms with Crippen molar-refractivity contribution >= 4 is 15.9 Å². The van der Waals surface area contributed by atoms with E-state index < -0.39 is 0 Å². The van der Waals surface area contributed by atoms with Crippen LogP contribution in [0.2, 0.25) is 0 Å². The number of ether oxygens (including phenoxy) is 1. The van der Waals surface area contributed by atoms with Gasteiger partial charge in [-0.1, -0.05) is 28.9 Å². The van der Waals surface area contributed by atoms with Gasteiger partial charge in [-0.2, -0.15) is 0 Å². The Kier molecular flexibility index (Phi) is 7.47. The summed E-state index contributed by atoms with van der Waals surface area (Å²) in [5, 5.41) is 3.46. The summed E-state index contributed by atoms with van der Waals surface area (Å²) in [6.07, 6.45) is 3.00. The Morgan fingerprint density at radius 1 is 1.44 bits per heavy atom. The number of nitrogens with one attached hydrogen (secondary N) is 1. The number of benzene rings is 1. The lowest BCUT2D eigenvalue weighted by atomic mass is 10.1. The molecule has 2 nitrogen and oxygen atoms in total. The highest BCUT2D eigenvalue weighted by Gasteiger charge is 2.09. The molecular formula is C14H21BrFNO. The maximum atomic E-state index is 13.0. The Morgan fingerprint density at radius 3 is 2.83 bits per heavy atom. The molecule has 1 unspecified atom stereocenters. The highest BCUT2D eigenvalue weighted by Crippen LogP contribution is 2.20. The van der Waals surface area contributed by atoms with Gasteiger partial charge in [0.05, 0.1) is 6.61 Å². The first-order chi connectivity index (χ1) is 8.67. The zero-order valence-electron chi connectivity index (χ0n) is 11.0. The quantitative estimate of drug-likeness (QED) is 0.792. The van der Waals surface area contributed by atoms with Gasteiger partial charge in [-0.25, -0.2) is 4.39 Å². The molecule has 0 amide bonds. The standard InChI is InChI=1S/C14H21BrFNO/c1-3-8-17-13(10-18-2)7-5-11-4-6-12(16)9-14(11)15/h4,6,9,13,17H,3,5,7-8,10H2,1-2H3. The molecule has 1 aromatic rings. The zero-order valence-corrected chi connectivity index (χ0v) is 12.6. The van der Waals surface area contributed by atoms with E-state index in [9.17, 15) is 4.39 Å². The molecule has 0 fully saturated rings. The van der Waals surface area contributed by atoms with Crippen LogP contribution in [0.1, 0.15) is 25.3 Å². The molecule has 0 saturated heterocycles. The first kappa shape index (κ1) is 15.6. The fourth-order valence-corrected chi connectivity index (χ4v) is 2.40. The lowest BCUT2D eigenvalue weighted by Gasteiger charge is -2.17. The van der Waals surface area contributed by atoms with Gasteiger partial charge in [0.2, 0.25) is 0 Å². The van der Waals surface area contributed by atoms with Gasteiger partial charge < -0.3 is 10.1 Å². The molecule has 102 valence electrons. The second-order valence-electron chi connectivity index (χ2n) is 4.38. The van der Waals surface area contributed by atoms with Crippen LogP contribution >= 0.6 is 15.9 Å². The van der Waals surface area contributed by atoms with Crippen LogP contribution < -0.4 is 5.32 Å². The third-order valence-corrected chi connectivity index (χ3v) is 3.57. The first-order valence-electron chi connectivity index (χ1n) is 6.33. The van der Waals surface area contributed by atoms with Crippen LogP contribution in [0.5, 0.6) is 0 Å². The molecule has 1 atom stereocenters. The van der Waals surface area contributed by atoms with Crippen molar-refractivity contribution in [2.45, 2.75) is 32.2 Å². The van der Waals surface area contributed by atoms with E-state index >= 15 is 0 Å². The van der Waals surface area contributed by atoms with Gasteiger partial charge in [0.25, 0.3) is 0 Å². The summed E-state index contributed by atoms with van der Waals surface area (Å²) >= 11 is 3.40. The summed E-state index contributed by atoms with van der Waals surface area (Å²) < 4.78 is 19.0. The van der Waals surface area contributed by atoms with E-state index in [1.54, 1.807) is 7.11 Å². The van der Waals surface area contributed by atoms with Gasteiger partial charge in [0.15, 0.2) is 0 Å². The van der Waals surface area contributed by atoms with Crippen molar-refractivity contribution in [1.29, 1.82) is 0 Å². The van der Waals surface area contributed by atoms with E-state index in [1.807, 2.05) is 6.07 Å². The minimum absolute atomic E-state index is 0.205. The van der Waals surface area contributed by atoms with Crippen LogP contribution in [0.4, 0.5) is 4.39 Å². The number of hydrogen-bond acceptors (Lipinski definition) is 2. The summed E-state index contributed by atoms with van der Waals surface area (Å²) in [4.78, 5) is 0. The Labute approximate surface area is 117 Å². The number of hydrogen-bond donors (Lipinski definition) is 1. The fourth-order valence-electron chi connectivity index (χ4n) is 1.85. The van der Waals surface area contributed by atoms with Crippen molar-refractivity contribution in [3.8, 4) is 0 Å². The largest absolute Gasteiger partial charge is 0.383 e. The van der Waals surface area contributed by atoms with Crippen molar-refractivity contribution in [2.75, 3.05) is 20.3 Å². The number of halogens is 2. The SMILES string of the molecule is CCCNC(CCc1ccc(F)cc1Br)COC. The molecule has 0 aliphatic rings. The molecule has 18 heavy (non-hydrogen) atoms. The highest BCUT2D eigenvalue weighted by molar-refractivity contribution is 9.10. The van der Waals surface area contributed by atoms with E-state index in [4.69, 9.17) is 4.74 Å². The monoisotopic (exact) mass is 317 g/mol. The van der Waals surface area contributed by atoms with Crippen LogP contribution in [-0.4, -0.2) is 26.3 Å². The number of rotatable bonds is 8. The van der Waals surface area contributed by atoms with Crippen molar-refractivity contribution < 1.29 is 9.13 Å². The van der Waals surface area contributed by atoms with E-state index in [1.165, 1.54) is 12.1 Å². The van der Waals surface area contributed by atoms with Crippen molar-refractivity contribution in [3.05, 3.63) is 34.1 Å². The topological polar surface area (TPSA) is 21.3 Å². The minimum Gasteiger partial charge on any atom is -0.383 e. The maximum Gasteiger partial charge on any atom is 0.124 e. The molecule has 0 saturated carbocycles. The summed E-state index contributed by atoms with van der Waals surface area (Å²) in [5.74, 6) is -0.205. The summed E-state index contributed by atoms with van der Waals surface area (Å²) in [6.45, 7) is 3.85. The normalized spacial score (nSPS) is 12.7. The van der Waals surface area contributed by atoms with Crippen LogP contribution in [0.3, 0.4) is 0 Å². The summed E-state index contributed by atoms with van der Waals surface area (Å²) in [6, 6.07) is 5.21. The van der Waals surface area contributed by atoms with E-state index in [0.717, 1.165) is 35.8 Å². The van der Waals surface area contributed by atoms with Gasteiger partial charge in [0, 0.05) is 17.6 Å². The summed E-state index contributed by atoms with van der Waals surface area (Å²) in [7, 11) is 1.72. The van der Waals surface area contributed by atoms with Gasteiger partial charge >= 0.3 is 0 Å². The third kappa shape index (κ3) is 5.46. The molecule has 1 aromatic carbocycles. The molecular weight excluding hydrogens is 297 g/mol. The maximum absolute atomic E-state index is 13.0. The lowest BCUT2D eigenvalue weighted by Crippen LogP contribution is -2.34. The van der Waals surface area contributed by atoms with Gasteiger partial charge in [-0.05, 0) is 43.5 Å². The Bertz CT molecular complexity index is 360. The minimum atomic E-state index is -0.205. The van der Waals surface area contributed by atoms with Crippen molar-refractivity contribution in [3.63, 3.8) is 0 Å². The highest BCUT2D eigenvalue weighted by atomic mass is 79.9. The molecule has 1 rings (SSSR count). The lowest BCUT2D eigenvalue weighted by molar-refractivity contribution is 0.162. The Balaban J connectivity index is 2.49. The van der Waals surface area contributed by atoms with E-state index in [0.29, 0.717) is 12.6 Å². The second-order valence-corrected chi connectivity index (χ2v) is 5.24. The first-order valence-corrected chi connectivity index (χ1v) is 7.13. The molecule has 0 radical (unpaired) electrons. The van der Waals surface area contributed by atoms with Crippen molar-refractivity contribution in [1.82, 2.24) is 5.32 Å². The Morgan fingerprint density at radius 2 is 2.22 bits per heavy atom. The predicted octanol–water partition coefficient (Wildman–Crippen LogP) is 3.54. The van der Waals surface area contributed by atoms with Crippen LogP contribution in [-0.2, 0) is 11.2 Å². The molecule has 1 N–H and O–H groups in total. The van der Waals surface area contributed by atoms with E-state index in [2.05, 4.69) is 28.2 Å². The second kappa shape index (κ2) is 8.62. The predicted molar refractivity (Wildman–Crippen MR) is 76.4 cm³/mol. The van der Waals surface area contributed by atoms with Crippen LogP contribution in [0.25, 0.3) is 0 Å². The third-order valence-electron chi connectivity index (χ3n) is 2.83. The van der Waals surface area contributed by atoms with Crippen LogP contribution in [0, 0.1) is 5.82 Å². The summed E-state index contributed by atoms with van der Waals surface area (Å²) in [5.41, 5.74) is 1.14. The average molecular weight is 318 g/mol. The molecule has 0 heterocycles. The number of methoxy groups -OCH3 is 1. The van der Waals surface area contributed by atoms with Gasteiger partial charge in [-0.3, -0.25) is 0 Å². The molecule has 0 bridgehead atoms. The zero-order chi connectivity index (χ0) is 13.4. The molecule has 4 heteroatoms. The van der Waals surface area contributed by atoms with Crippen molar-refractivity contribution in [2.24, 2.45) is 0 Å². The fraction of sp³-hybridized carbons (Fsp3) is 0.571. The molecule has 0 aliphatic carbocycles. The molecule has 0 aromatic heterocycles. The average Bonchev–Trinajstić information content (AvgIpc) is 2.34. The molecule has 0 spiro atoms. The smallest absolute Gasteiger partial charge is 0.124 e. The van der Waals surface area contributed by atoms with E-state index in [-0.39, 0.29) is 5.82 Å². The number of aryl methyl sites for hydroxylation is 1.